The number of carbonyl (C=O) groups is 3. The number of hydrogen-bond donors (Lipinski definition) is 2. The number of carbonyl (C=O) groups excluding carboxylic acids is 2. The van der Waals surface area contributed by atoms with E-state index >= 15 is 0 Å². The first-order valence-electron chi connectivity index (χ1n) is 6.27. The number of urea groups is 1. The zero-order valence-electron chi connectivity index (χ0n) is 11.9. The molecule has 0 bridgehead atoms. The quantitative estimate of drug-likeness (QED) is 0.698. The SMILES string of the molecule is CCN(CC(C)C(=O)O)C(=O)N(CC(N)=O)C(C)C. The molecule has 0 saturated heterocycles. The molecule has 110 valence electrons. The van der Waals surface area contributed by atoms with Crippen LogP contribution in [0.5, 0.6) is 0 Å². The largest absolute Gasteiger partial charge is 0.481 e. The summed E-state index contributed by atoms with van der Waals surface area (Å²) in [5.41, 5.74) is 5.11. The van der Waals surface area contributed by atoms with E-state index in [4.69, 9.17) is 10.8 Å². The Kier molecular flexibility index (Phi) is 6.89. The smallest absolute Gasteiger partial charge is 0.320 e. The lowest BCUT2D eigenvalue weighted by molar-refractivity contribution is -0.141. The number of carboxylic acid groups (broad SMARTS) is 1. The fraction of sp³-hybridized carbons (Fsp3) is 0.750. The van der Waals surface area contributed by atoms with E-state index in [-0.39, 0.29) is 25.2 Å². The highest BCUT2D eigenvalue weighted by atomic mass is 16.4. The molecule has 0 rings (SSSR count). The third-order valence-corrected chi connectivity index (χ3v) is 2.76. The zero-order chi connectivity index (χ0) is 15.2. The first kappa shape index (κ1) is 17.2. The van der Waals surface area contributed by atoms with Crippen LogP contribution in [-0.2, 0) is 9.59 Å². The van der Waals surface area contributed by atoms with Crippen LogP contribution in [0.2, 0.25) is 0 Å². The van der Waals surface area contributed by atoms with E-state index in [0.717, 1.165) is 0 Å². The van der Waals surface area contributed by atoms with Gasteiger partial charge in [0.15, 0.2) is 0 Å². The minimum atomic E-state index is -0.961. The van der Waals surface area contributed by atoms with Crippen LogP contribution in [0.3, 0.4) is 0 Å². The lowest BCUT2D eigenvalue weighted by Gasteiger charge is -2.32. The Labute approximate surface area is 113 Å². The third-order valence-electron chi connectivity index (χ3n) is 2.76. The van der Waals surface area contributed by atoms with Gasteiger partial charge in [-0.1, -0.05) is 6.92 Å². The second-order valence-corrected chi connectivity index (χ2v) is 4.75. The van der Waals surface area contributed by atoms with Crippen molar-refractivity contribution in [1.29, 1.82) is 0 Å². The molecule has 0 aliphatic rings. The van der Waals surface area contributed by atoms with Crippen molar-refractivity contribution in [3.05, 3.63) is 0 Å². The van der Waals surface area contributed by atoms with Crippen LogP contribution in [0.4, 0.5) is 4.79 Å². The van der Waals surface area contributed by atoms with Crippen molar-refractivity contribution in [2.24, 2.45) is 11.7 Å². The Morgan fingerprint density at radius 3 is 2.05 bits per heavy atom. The summed E-state index contributed by atoms with van der Waals surface area (Å²) in [4.78, 5) is 36.8. The second-order valence-electron chi connectivity index (χ2n) is 4.75. The molecule has 1 atom stereocenters. The maximum Gasteiger partial charge on any atom is 0.320 e. The molecule has 19 heavy (non-hydrogen) atoms. The number of nitrogens with two attached hydrogens (primary N) is 1. The number of rotatable bonds is 7. The molecule has 0 fully saturated rings. The standard InChI is InChI=1S/C12H23N3O4/c1-5-14(6-9(4)11(17)18)12(19)15(8(2)3)7-10(13)16/h8-9H,5-7H2,1-4H3,(H2,13,16)(H,17,18). The summed E-state index contributed by atoms with van der Waals surface area (Å²) in [6.07, 6.45) is 0. The molecule has 0 aromatic heterocycles. The van der Waals surface area contributed by atoms with E-state index in [9.17, 15) is 14.4 Å². The molecule has 0 heterocycles. The van der Waals surface area contributed by atoms with Crippen LogP contribution in [0.15, 0.2) is 0 Å². The summed E-state index contributed by atoms with van der Waals surface area (Å²) in [5, 5.41) is 8.88. The molecule has 0 aromatic carbocycles. The maximum absolute atomic E-state index is 12.3. The van der Waals surface area contributed by atoms with Gasteiger partial charge in [-0.2, -0.15) is 0 Å². The molecule has 0 aromatic rings. The summed E-state index contributed by atoms with van der Waals surface area (Å²) in [6, 6.07) is -0.557. The number of hydrogen-bond acceptors (Lipinski definition) is 3. The predicted octanol–water partition coefficient (Wildman–Crippen LogP) is 0.345. The molecule has 0 saturated carbocycles. The fourth-order valence-electron chi connectivity index (χ4n) is 1.57. The Balaban J connectivity index is 4.87. The van der Waals surface area contributed by atoms with Crippen molar-refractivity contribution in [2.75, 3.05) is 19.6 Å². The highest BCUT2D eigenvalue weighted by Crippen LogP contribution is 2.08. The van der Waals surface area contributed by atoms with Crippen molar-refractivity contribution in [3.8, 4) is 0 Å². The van der Waals surface area contributed by atoms with Crippen molar-refractivity contribution in [3.63, 3.8) is 0 Å². The Morgan fingerprint density at radius 1 is 1.21 bits per heavy atom. The monoisotopic (exact) mass is 273 g/mol. The van der Waals surface area contributed by atoms with E-state index < -0.39 is 17.8 Å². The number of amides is 3. The van der Waals surface area contributed by atoms with Gasteiger partial charge in [0.25, 0.3) is 0 Å². The second kappa shape index (κ2) is 7.60. The summed E-state index contributed by atoms with van der Waals surface area (Å²) >= 11 is 0. The molecule has 0 aliphatic heterocycles. The Hall–Kier alpha value is -1.79. The number of nitrogens with zero attached hydrogens (tertiary/aromatic N) is 2. The molecule has 1 unspecified atom stereocenters. The minimum absolute atomic E-state index is 0.104. The van der Waals surface area contributed by atoms with Gasteiger partial charge in [-0.25, -0.2) is 4.79 Å². The first-order chi connectivity index (χ1) is 8.70. The van der Waals surface area contributed by atoms with Gasteiger partial charge in [-0.3, -0.25) is 9.59 Å². The van der Waals surface area contributed by atoms with Gasteiger partial charge in [0.05, 0.1) is 5.92 Å². The highest BCUT2D eigenvalue weighted by Gasteiger charge is 2.26. The fourth-order valence-corrected chi connectivity index (χ4v) is 1.57. The maximum atomic E-state index is 12.3. The summed E-state index contributed by atoms with van der Waals surface area (Å²) in [6.45, 7) is 7.14. The van der Waals surface area contributed by atoms with Gasteiger partial charge in [-0.15, -0.1) is 0 Å². The highest BCUT2D eigenvalue weighted by molar-refractivity contribution is 5.83. The number of primary amides is 1. The molecular weight excluding hydrogens is 250 g/mol. The third kappa shape index (κ3) is 5.58. The van der Waals surface area contributed by atoms with Gasteiger partial charge in [0.2, 0.25) is 5.91 Å². The lowest BCUT2D eigenvalue weighted by atomic mass is 10.1. The van der Waals surface area contributed by atoms with Crippen LogP contribution in [0, 0.1) is 5.92 Å². The van der Waals surface area contributed by atoms with Gasteiger partial charge in [0.1, 0.15) is 6.54 Å². The van der Waals surface area contributed by atoms with Crippen molar-refractivity contribution in [2.45, 2.75) is 33.7 Å². The molecule has 7 nitrogen and oxygen atoms in total. The molecule has 3 N–H and O–H groups in total. The topological polar surface area (TPSA) is 104 Å². The average Bonchev–Trinajstić information content (AvgIpc) is 2.31. The molecule has 0 aliphatic carbocycles. The van der Waals surface area contributed by atoms with Crippen molar-refractivity contribution in [1.82, 2.24) is 9.80 Å². The van der Waals surface area contributed by atoms with Gasteiger partial charge in [0, 0.05) is 19.1 Å². The van der Waals surface area contributed by atoms with Crippen LogP contribution < -0.4 is 5.73 Å². The van der Waals surface area contributed by atoms with Crippen molar-refractivity contribution >= 4 is 17.9 Å². The molecule has 7 heteroatoms. The van der Waals surface area contributed by atoms with Gasteiger partial charge in [-0.05, 0) is 20.8 Å². The van der Waals surface area contributed by atoms with E-state index in [1.165, 1.54) is 16.7 Å². The van der Waals surface area contributed by atoms with E-state index in [0.29, 0.717) is 6.54 Å². The lowest BCUT2D eigenvalue weighted by Crippen LogP contribution is -2.50. The van der Waals surface area contributed by atoms with Crippen LogP contribution >= 0.6 is 0 Å². The molecule has 0 spiro atoms. The normalized spacial score (nSPS) is 12.1. The average molecular weight is 273 g/mol. The summed E-state index contributed by atoms with van der Waals surface area (Å²) < 4.78 is 0. The molecular formula is C12H23N3O4. The molecule has 3 amide bonds. The predicted molar refractivity (Wildman–Crippen MR) is 70.5 cm³/mol. The minimum Gasteiger partial charge on any atom is -0.481 e. The number of carboxylic acids is 1. The van der Waals surface area contributed by atoms with E-state index in [1.54, 1.807) is 20.8 Å². The molecule has 0 radical (unpaired) electrons. The zero-order valence-corrected chi connectivity index (χ0v) is 11.9. The van der Waals surface area contributed by atoms with Crippen LogP contribution in [-0.4, -0.2) is 58.5 Å². The van der Waals surface area contributed by atoms with Gasteiger partial charge < -0.3 is 20.6 Å². The van der Waals surface area contributed by atoms with Crippen LogP contribution in [0.1, 0.15) is 27.7 Å². The Bertz CT molecular complexity index is 344. The summed E-state index contributed by atoms with van der Waals surface area (Å²) in [5.74, 6) is -2.21. The first-order valence-corrected chi connectivity index (χ1v) is 6.27. The van der Waals surface area contributed by atoms with Crippen LogP contribution in [0.25, 0.3) is 0 Å². The van der Waals surface area contributed by atoms with Crippen molar-refractivity contribution < 1.29 is 19.5 Å². The van der Waals surface area contributed by atoms with E-state index in [1.807, 2.05) is 0 Å². The van der Waals surface area contributed by atoms with Gasteiger partial charge >= 0.3 is 12.0 Å². The summed E-state index contributed by atoms with van der Waals surface area (Å²) in [7, 11) is 0. The Morgan fingerprint density at radius 2 is 1.74 bits per heavy atom. The van der Waals surface area contributed by atoms with E-state index in [2.05, 4.69) is 0 Å². The number of aliphatic carboxylic acids is 1.